The summed E-state index contributed by atoms with van der Waals surface area (Å²) in [6.45, 7) is 0. The number of aromatic nitrogens is 3. The van der Waals surface area contributed by atoms with E-state index in [0.29, 0.717) is 5.92 Å². The van der Waals surface area contributed by atoms with Crippen LogP contribution in [0.4, 0.5) is 4.39 Å². The third-order valence-corrected chi connectivity index (χ3v) is 5.42. The molecule has 0 bridgehead atoms. The van der Waals surface area contributed by atoms with Crippen molar-refractivity contribution in [3.05, 3.63) is 54.4 Å². The average Bonchev–Trinajstić information content (AvgIpc) is 3.14. The number of imidazole rings is 1. The third kappa shape index (κ3) is 2.25. The van der Waals surface area contributed by atoms with E-state index in [1.165, 1.54) is 6.07 Å². The molecular formula is C20H17FN4O. The van der Waals surface area contributed by atoms with Gasteiger partial charge in [-0.15, -0.1) is 0 Å². The zero-order valence-electron chi connectivity index (χ0n) is 14.1. The molecule has 1 aromatic carbocycles. The normalized spacial score (nSPS) is 18.0. The van der Waals surface area contributed by atoms with Crippen LogP contribution in [0.5, 0.6) is 0 Å². The molecule has 1 aliphatic rings. The monoisotopic (exact) mass is 348 g/mol. The summed E-state index contributed by atoms with van der Waals surface area (Å²) in [7, 11) is 0. The summed E-state index contributed by atoms with van der Waals surface area (Å²) < 4.78 is 15.9. The minimum Gasteiger partial charge on any atom is -0.411 e. The van der Waals surface area contributed by atoms with Gasteiger partial charge in [0.2, 0.25) is 0 Å². The van der Waals surface area contributed by atoms with Crippen molar-refractivity contribution in [2.45, 2.75) is 31.6 Å². The van der Waals surface area contributed by atoms with Crippen LogP contribution in [-0.2, 0) is 0 Å². The van der Waals surface area contributed by atoms with E-state index in [1.54, 1.807) is 24.5 Å². The molecular weight excluding hydrogens is 331 g/mol. The molecule has 3 aromatic heterocycles. The first-order valence-electron chi connectivity index (χ1n) is 8.78. The summed E-state index contributed by atoms with van der Waals surface area (Å²) in [4.78, 5) is 9.13. The highest BCUT2D eigenvalue weighted by Gasteiger charge is 2.23. The maximum Gasteiger partial charge on any atom is 0.145 e. The summed E-state index contributed by atoms with van der Waals surface area (Å²) in [6, 6.07) is 6.76. The molecule has 5 rings (SSSR count). The Kier molecular flexibility index (Phi) is 3.38. The van der Waals surface area contributed by atoms with Crippen LogP contribution < -0.4 is 0 Å². The first-order chi connectivity index (χ1) is 12.7. The Morgan fingerprint density at radius 3 is 2.77 bits per heavy atom. The minimum atomic E-state index is -0.262. The van der Waals surface area contributed by atoms with Gasteiger partial charge in [-0.3, -0.25) is 9.38 Å². The SMILES string of the molecule is ON=C1CCC(c2cn3c4ccncc4c4cc(F)ccc4c3n2)CC1. The van der Waals surface area contributed by atoms with Gasteiger partial charge in [-0.25, -0.2) is 9.37 Å². The van der Waals surface area contributed by atoms with Gasteiger partial charge < -0.3 is 5.21 Å². The van der Waals surface area contributed by atoms with Crippen molar-refractivity contribution in [2.75, 3.05) is 0 Å². The number of oxime groups is 1. The first kappa shape index (κ1) is 15.3. The second-order valence-electron chi connectivity index (χ2n) is 6.88. The predicted molar refractivity (Wildman–Crippen MR) is 98.4 cm³/mol. The molecule has 3 heterocycles. The van der Waals surface area contributed by atoms with Gasteiger partial charge in [-0.05, 0) is 55.3 Å². The first-order valence-corrected chi connectivity index (χ1v) is 8.78. The van der Waals surface area contributed by atoms with E-state index in [9.17, 15) is 4.39 Å². The second-order valence-corrected chi connectivity index (χ2v) is 6.88. The Hall–Kier alpha value is -3.02. The van der Waals surface area contributed by atoms with E-state index in [1.807, 2.05) is 6.07 Å². The van der Waals surface area contributed by atoms with Crippen molar-refractivity contribution < 1.29 is 9.60 Å². The van der Waals surface area contributed by atoms with Crippen molar-refractivity contribution in [2.24, 2.45) is 5.16 Å². The second kappa shape index (κ2) is 5.76. The van der Waals surface area contributed by atoms with Gasteiger partial charge in [0, 0.05) is 35.3 Å². The van der Waals surface area contributed by atoms with Crippen molar-refractivity contribution in [3.63, 3.8) is 0 Å². The van der Waals surface area contributed by atoms with Gasteiger partial charge in [0.1, 0.15) is 11.5 Å². The van der Waals surface area contributed by atoms with Crippen LogP contribution in [0.2, 0.25) is 0 Å². The molecule has 1 aliphatic carbocycles. The number of halogens is 1. The maximum atomic E-state index is 13.9. The molecule has 0 saturated heterocycles. The smallest absolute Gasteiger partial charge is 0.145 e. The van der Waals surface area contributed by atoms with Gasteiger partial charge in [-0.1, -0.05) is 5.16 Å². The molecule has 0 radical (unpaired) electrons. The Morgan fingerprint density at radius 2 is 1.96 bits per heavy atom. The van der Waals surface area contributed by atoms with Crippen LogP contribution in [0.1, 0.15) is 37.3 Å². The molecule has 1 saturated carbocycles. The number of hydrogen-bond acceptors (Lipinski definition) is 4. The van der Waals surface area contributed by atoms with Crippen LogP contribution in [0, 0.1) is 5.82 Å². The summed E-state index contributed by atoms with van der Waals surface area (Å²) >= 11 is 0. The van der Waals surface area contributed by atoms with Crippen molar-refractivity contribution >= 4 is 33.0 Å². The lowest BCUT2D eigenvalue weighted by Crippen LogP contribution is -2.13. The highest BCUT2D eigenvalue weighted by molar-refractivity contribution is 6.11. The van der Waals surface area contributed by atoms with Gasteiger partial charge in [0.15, 0.2) is 0 Å². The van der Waals surface area contributed by atoms with E-state index in [4.69, 9.17) is 10.2 Å². The number of hydrogen-bond donors (Lipinski definition) is 1. The maximum absolute atomic E-state index is 13.9. The molecule has 6 heteroatoms. The molecule has 0 amide bonds. The van der Waals surface area contributed by atoms with Crippen LogP contribution in [0.25, 0.3) is 27.3 Å². The lowest BCUT2D eigenvalue weighted by atomic mass is 9.86. The Labute approximate surface area is 148 Å². The van der Waals surface area contributed by atoms with Crippen LogP contribution in [0.15, 0.2) is 48.0 Å². The topological polar surface area (TPSA) is 62.8 Å². The van der Waals surface area contributed by atoms with Crippen molar-refractivity contribution in [1.82, 2.24) is 14.4 Å². The fraction of sp³-hybridized carbons (Fsp3) is 0.250. The van der Waals surface area contributed by atoms with Gasteiger partial charge in [0.05, 0.1) is 16.9 Å². The summed E-state index contributed by atoms with van der Waals surface area (Å²) in [5, 5.41) is 15.0. The van der Waals surface area contributed by atoms with E-state index in [2.05, 4.69) is 20.7 Å². The Morgan fingerprint density at radius 1 is 1.12 bits per heavy atom. The van der Waals surface area contributed by atoms with E-state index >= 15 is 0 Å². The molecule has 4 aromatic rings. The molecule has 0 aliphatic heterocycles. The van der Waals surface area contributed by atoms with Gasteiger partial charge in [0.25, 0.3) is 0 Å². The zero-order valence-corrected chi connectivity index (χ0v) is 14.1. The lowest BCUT2D eigenvalue weighted by Gasteiger charge is -2.20. The molecule has 130 valence electrons. The van der Waals surface area contributed by atoms with Gasteiger partial charge in [-0.2, -0.15) is 0 Å². The Bertz CT molecular complexity index is 1170. The largest absolute Gasteiger partial charge is 0.411 e. The molecule has 1 N–H and O–H groups in total. The predicted octanol–water partition coefficient (Wildman–Crippen LogP) is 4.66. The molecule has 0 atom stereocenters. The van der Waals surface area contributed by atoms with Crippen molar-refractivity contribution in [1.29, 1.82) is 0 Å². The van der Waals surface area contributed by atoms with Gasteiger partial charge >= 0.3 is 0 Å². The molecule has 26 heavy (non-hydrogen) atoms. The minimum absolute atomic E-state index is 0.262. The third-order valence-electron chi connectivity index (χ3n) is 5.42. The number of fused-ring (bicyclic) bond motifs is 6. The molecule has 1 fully saturated rings. The quantitative estimate of drug-likeness (QED) is 0.309. The summed E-state index contributed by atoms with van der Waals surface area (Å²) in [5.41, 5.74) is 3.72. The van der Waals surface area contributed by atoms with E-state index < -0.39 is 0 Å². The Balaban J connectivity index is 1.75. The van der Waals surface area contributed by atoms with E-state index in [0.717, 1.165) is 64.4 Å². The van der Waals surface area contributed by atoms with Crippen LogP contribution in [0.3, 0.4) is 0 Å². The molecule has 0 spiro atoms. The number of nitrogens with zero attached hydrogens (tertiary/aromatic N) is 4. The highest BCUT2D eigenvalue weighted by Crippen LogP contribution is 2.34. The fourth-order valence-corrected chi connectivity index (χ4v) is 4.05. The molecule has 0 unspecified atom stereocenters. The summed E-state index contributed by atoms with van der Waals surface area (Å²) in [6.07, 6.45) is 9.06. The standard InChI is InChI=1S/C20H17FN4O/c21-13-3-6-15-16(9-13)17-10-22-8-7-19(17)25-11-18(23-20(15)25)12-1-4-14(24-26)5-2-12/h3,6-12,26H,1-2,4-5H2. The zero-order chi connectivity index (χ0) is 17.7. The fourth-order valence-electron chi connectivity index (χ4n) is 4.05. The number of benzene rings is 1. The van der Waals surface area contributed by atoms with E-state index in [-0.39, 0.29) is 5.82 Å². The highest BCUT2D eigenvalue weighted by atomic mass is 19.1. The number of pyridine rings is 2. The number of rotatable bonds is 1. The lowest BCUT2D eigenvalue weighted by molar-refractivity contribution is 0.313. The average molecular weight is 348 g/mol. The van der Waals surface area contributed by atoms with Crippen LogP contribution >= 0.6 is 0 Å². The summed E-state index contributed by atoms with van der Waals surface area (Å²) in [5.74, 6) is 0.0784. The van der Waals surface area contributed by atoms with Crippen molar-refractivity contribution in [3.8, 4) is 0 Å². The van der Waals surface area contributed by atoms with Crippen LogP contribution in [-0.4, -0.2) is 25.3 Å². The molecule has 5 nitrogen and oxygen atoms in total.